The average Bonchev–Trinajstić information content (AvgIpc) is 2.65. The van der Waals surface area contributed by atoms with Gasteiger partial charge < -0.3 is 15.2 Å². The summed E-state index contributed by atoms with van der Waals surface area (Å²) in [5, 5.41) is 0. The zero-order chi connectivity index (χ0) is 17.9. The summed E-state index contributed by atoms with van der Waals surface area (Å²) < 4.78 is 11.6. The molecule has 3 nitrogen and oxygen atoms in total. The second-order valence-electron chi connectivity index (χ2n) is 6.41. The highest BCUT2D eigenvalue weighted by atomic mass is 16.5. The smallest absolute Gasteiger partial charge is 0.119 e. The van der Waals surface area contributed by atoms with Crippen molar-refractivity contribution in [2.75, 3.05) is 19.8 Å². The number of unbranched alkanes of at least 4 members (excludes halogenated alkanes) is 1. The standard InChI is InChI=1S/C22H31NO2/c1-3-5-13-25-21-10-6-8-18(15-21)14-20(17-23)19-9-7-11-22(16-19)24-12-4-2/h6-11,15-16,20H,3-5,12-14,17,23H2,1-2H3. The molecule has 0 radical (unpaired) electrons. The molecule has 0 saturated carbocycles. The molecule has 0 aliphatic carbocycles. The van der Waals surface area contributed by atoms with Gasteiger partial charge in [0.15, 0.2) is 0 Å². The first kappa shape index (κ1) is 19.3. The molecule has 1 atom stereocenters. The lowest BCUT2D eigenvalue weighted by atomic mass is 9.92. The van der Waals surface area contributed by atoms with Gasteiger partial charge in [0.2, 0.25) is 0 Å². The molecule has 2 aromatic carbocycles. The third-order valence-corrected chi connectivity index (χ3v) is 4.23. The van der Waals surface area contributed by atoms with Crippen LogP contribution in [0.4, 0.5) is 0 Å². The SMILES string of the molecule is CCCCOc1cccc(CC(CN)c2cccc(OCCC)c2)c1. The molecule has 0 aromatic heterocycles. The largest absolute Gasteiger partial charge is 0.494 e. The normalized spacial score (nSPS) is 12.0. The van der Waals surface area contributed by atoms with Crippen molar-refractivity contribution in [3.05, 3.63) is 59.7 Å². The van der Waals surface area contributed by atoms with Gasteiger partial charge in [0.1, 0.15) is 11.5 Å². The van der Waals surface area contributed by atoms with E-state index >= 15 is 0 Å². The van der Waals surface area contributed by atoms with Gasteiger partial charge in [0.05, 0.1) is 13.2 Å². The number of benzene rings is 2. The first-order valence-corrected chi connectivity index (χ1v) is 9.41. The Labute approximate surface area is 152 Å². The maximum atomic E-state index is 6.07. The van der Waals surface area contributed by atoms with Gasteiger partial charge in [-0.1, -0.05) is 44.5 Å². The predicted octanol–water partition coefficient (Wildman–Crippen LogP) is 4.94. The number of hydrogen-bond donors (Lipinski definition) is 1. The van der Waals surface area contributed by atoms with Gasteiger partial charge in [-0.15, -0.1) is 0 Å². The highest BCUT2D eigenvalue weighted by Gasteiger charge is 2.12. The van der Waals surface area contributed by atoms with E-state index in [1.54, 1.807) is 0 Å². The highest BCUT2D eigenvalue weighted by molar-refractivity contribution is 5.34. The summed E-state index contributed by atoms with van der Waals surface area (Å²) >= 11 is 0. The maximum Gasteiger partial charge on any atom is 0.119 e. The molecule has 2 N–H and O–H groups in total. The summed E-state index contributed by atoms with van der Waals surface area (Å²) in [5.41, 5.74) is 8.55. The van der Waals surface area contributed by atoms with Crippen LogP contribution in [-0.2, 0) is 6.42 Å². The molecule has 3 heteroatoms. The van der Waals surface area contributed by atoms with Crippen LogP contribution in [0, 0.1) is 0 Å². The first-order chi connectivity index (χ1) is 12.3. The van der Waals surface area contributed by atoms with Crippen molar-refractivity contribution in [2.24, 2.45) is 5.73 Å². The lowest BCUT2D eigenvalue weighted by Crippen LogP contribution is -2.15. The Hall–Kier alpha value is -2.00. The zero-order valence-corrected chi connectivity index (χ0v) is 15.5. The Kier molecular flexibility index (Phi) is 8.33. The molecule has 136 valence electrons. The monoisotopic (exact) mass is 341 g/mol. The molecule has 2 aromatic rings. The zero-order valence-electron chi connectivity index (χ0n) is 15.5. The molecule has 0 aliphatic heterocycles. The van der Waals surface area contributed by atoms with Crippen molar-refractivity contribution in [3.8, 4) is 11.5 Å². The van der Waals surface area contributed by atoms with E-state index in [4.69, 9.17) is 15.2 Å². The summed E-state index contributed by atoms with van der Waals surface area (Å²) in [7, 11) is 0. The van der Waals surface area contributed by atoms with Crippen molar-refractivity contribution in [3.63, 3.8) is 0 Å². The summed E-state index contributed by atoms with van der Waals surface area (Å²) in [6.07, 6.45) is 4.14. The van der Waals surface area contributed by atoms with E-state index in [2.05, 4.69) is 44.2 Å². The molecule has 0 aliphatic rings. The minimum absolute atomic E-state index is 0.274. The molecule has 0 saturated heterocycles. The molecular weight excluding hydrogens is 310 g/mol. The topological polar surface area (TPSA) is 44.5 Å². The maximum absolute atomic E-state index is 6.07. The number of nitrogens with two attached hydrogens (primary N) is 1. The first-order valence-electron chi connectivity index (χ1n) is 9.41. The summed E-state index contributed by atoms with van der Waals surface area (Å²) in [4.78, 5) is 0. The van der Waals surface area contributed by atoms with E-state index in [1.165, 1.54) is 11.1 Å². The number of ether oxygens (including phenoxy) is 2. The minimum Gasteiger partial charge on any atom is -0.494 e. The Bertz CT molecular complexity index is 627. The van der Waals surface area contributed by atoms with Crippen molar-refractivity contribution in [1.29, 1.82) is 0 Å². The molecule has 0 amide bonds. The summed E-state index contributed by atoms with van der Waals surface area (Å²) in [6.45, 7) is 6.41. The molecule has 2 rings (SSSR count). The molecule has 1 unspecified atom stereocenters. The number of hydrogen-bond acceptors (Lipinski definition) is 3. The molecular formula is C22H31NO2. The fourth-order valence-electron chi connectivity index (χ4n) is 2.80. The van der Waals surface area contributed by atoms with Gasteiger partial charge >= 0.3 is 0 Å². The second kappa shape index (κ2) is 10.8. The van der Waals surface area contributed by atoms with Crippen LogP contribution in [0.25, 0.3) is 0 Å². The van der Waals surface area contributed by atoms with Gasteiger partial charge in [-0.2, -0.15) is 0 Å². The quantitative estimate of drug-likeness (QED) is 0.589. The molecule has 0 fully saturated rings. The van der Waals surface area contributed by atoms with E-state index < -0.39 is 0 Å². The van der Waals surface area contributed by atoms with Crippen molar-refractivity contribution in [1.82, 2.24) is 0 Å². The molecule has 0 heterocycles. The molecule has 25 heavy (non-hydrogen) atoms. The molecule has 0 spiro atoms. The minimum atomic E-state index is 0.274. The van der Waals surface area contributed by atoms with Gasteiger partial charge in [-0.25, -0.2) is 0 Å². The van der Waals surface area contributed by atoms with Crippen LogP contribution in [0.2, 0.25) is 0 Å². The summed E-state index contributed by atoms with van der Waals surface area (Å²) in [5.74, 6) is 2.15. The third-order valence-electron chi connectivity index (χ3n) is 4.23. The van der Waals surface area contributed by atoms with Crippen LogP contribution in [0.1, 0.15) is 50.2 Å². The van der Waals surface area contributed by atoms with Gasteiger partial charge in [-0.05, 0) is 61.2 Å². The van der Waals surface area contributed by atoms with Crippen molar-refractivity contribution < 1.29 is 9.47 Å². The van der Waals surface area contributed by atoms with Crippen LogP contribution in [0.15, 0.2) is 48.5 Å². The molecule has 0 bridgehead atoms. The Morgan fingerprint density at radius 2 is 1.60 bits per heavy atom. The second-order valence-corrected chi connectivity index (χ2v) is 6.41. The fraction of sp³-hybridized carbons (Fsp3) is 0.455. The third kappa shape index (κ3) is 6.43. The van der Waals surface area contributed by atoms with Crippen LogP contribution < -0.4 is 15.2 Å². The Morgan fingerprint density at radius 1 is 0.880 bits per heavy atom. The van der Waals surface area contributed by atoms with Crippen molar-refractivity contribution >= 4 is 0 Å². The van der Waals surface area contributed by atoms with Gasteiger partial charge in [0, 0.05) is 5.92 Å². The van der Waals surface area contributed by atoms with Gasteiger partial charge in [0.25, 0.3) is 0 Å². The highest BCUT2D eigenvalue weighted by Crippen LogP contribution is 2.25. The lowest BCUT2D eigenvalue weighted by molar-refractivity contribution is 0.309. The average molecular weight is 341 g/mol. The van der Waals surface area contributed by atoms with Crippen LogP contribution in [0.5, 0.6) is 11.5 Å². The van der Waals surface area contributed by atoms with Gasteiger partial charge in [-0.3, -0.25) is 0 Å². The van der Waals surface area contributed by atoms with E-state index in [0.29, 0.717) is 6.54 Å². The van der Waals surface area contributed by atoms with E-state index in [1.807, 2.05) is 18.2 Å². The van der Waals surface area contributed by atoms with Crippen LogP contribution in [-0.4, -0.2) is 19.8 Å². The van der Waals surface area contributed by atoms with E-state index in [9.17, 15) is 0 Å². The van der Waals surface area contributed by atoms with Crippen molar-refractivity contribution in [2.45, 2.75) is 45.4 Å². The fourth-order valence-corrected chi connectivity index (χ4v) is 2.80. The number of rotatable bonds is 11. The Morgan fingerprint density at radius 3 is 2.32 bits per heavy atom. The predicted molar refractivity (Wildman–Crippen MR) is 105 cm³/mol. The Balaban J connectivity index is 2.05. The van der Waals surface area contributed by atoms with E-state index in [0.717, 1.165) is 50.4 Å². The summed E-state index contributed by atoms with van der Waals surface area (Å²) in [6, 6.07) is 16.7. The van der Waals surface area contributed by atoms with E-state index in [-0.39, 0.29) is 5.92 Å². The van der Waals surface area contributed by atoms with Crippen LogP contribution >= 0.6 is 0 Å². The van der Waals surface area contributed by atoms with Crippen LogP contribution in [0.3, 0.4) is 0 Å². The lowest BCUT2D eigenvalue weighted by Gasteiger charge is -2.17.